The molecule has 22 heavy (non-hydrogen) atoms. The van der Waals surface area contributed by atoms with Crippen LogP contribution in [0.3, 0.4) is 0 Å². The number of nitrogens with zero attached hydrogens (tertiary/aromatic N) is 4. The largest absolute Gasteiger partial charge is 0.221 e. The molecule has 0 aliphatic carbocycles. The SMILES string of the molecule is Cc1ccc(CCc2nn3c(C#N)c(C(C)C)nc3s2)cc1. The Balaban J connectivity index is 1.82. The lowest BCUT2D eigenvalue weighted by Crippen LogP contribution is -1.97. The van der Waals surface area contributed by atoms with Crippen LogP contribution < -0.4 is 0 Å². The van der Waals surface area contributed by atoms with Crippen molar-refractivity contribution in [3.63, 3.8) is 0 Å². The van der Waals surface area contributed by atoms with Crippen LogP contribution in [0.15, 0.2) is 24.3 Å². The predicted molar refractivity (Wildman–Crippen MR) is 88.3 cm³/mol. The lowest BCUT2D eigenvalue weighted by atomic mass is 10.1. The zero-order chi connectivity index (χ0) is 15.7. The van der Waals surface area contributed by atoms with Crippen molar-refractivity contribution in [2.24, 2.45) is 0 Å². The Labute approximate surface area is 134 Å². The molecular weight excluding hydrogens is 292 g/mol. The number of aryl methyl sites for hydroxylation is 3. The average molecular weight is 310 g/mol. The Bertz CT molecular complexity index is 834. The summed E-state index contributed by atoms with van der Waals surface area (Å²) in [6.45, 7) is 6.19. The highest BCUT2D eigenvalue weighted by Crippen LogP contribution is 2.24. The minimum Gasteiger partial charge on any atom is -0.221 e. The average Bonchev–Trinajstić information content (AvgIpc) is 3.03. The highest BCUT2D eigenvalue weighted by atomic mass is 32.1. The molecule has 5 heteroatoms. The van der Waals surface area contributed by atoms with Crippen molar-refractivity contribution >= 4 is 16.3 Å². The molecular formula is C17H18N4S. The van der Waals surface area contributed by atoms with Crippen molar-refractivity contribution in [3.8, 4) is 6.07 Å². The zero-order valence-corrected chi connectivity index (χ0v) is 13.8. The predicted octanol–water partition coefficient (Wildman–Crippen LogP) is 3.88. The lowest BCUT2D eigenvalue weighted by Gasteiger charge is -2.00. The fraction of sp³-hybridized carbons (Fsp3) is 0.353. The van der Waals surface area contributed by atoms with Crippen LogP contribution in [-0.2, 0) is 12.8 Å². The zero-order valence-electron chi connectivity index (χ0n) is 13.0. The first-order chi connectivity index (χ1) is 10.6. The molecule has 112 valence electrons. The molecule has 0 saturated carbocycles. The molecule has 0 atom stereocenters. The van der Waals surface area contributed by atoms with Gasteiger partial charge in [-0.05, 0) is 24.8 Å². The van der Waals surface area contributed by atoms with Crippen molar-refractivity contribution in [1.29, 1.82) is 5.26 Å². The summed E-state index contributed by atoms with van der Waals surface area (Å²) in [6.07, 6.45) is 1.83. The fourth-order valence-electron chi connectivity index (χ4n) is 2.42. The molecule has 0 spiro atoms. The molecule has 0 unspecified atom stereocenters. The van der Waals surface area contributed by atoms with Crippen LogP contribution in [0.4, 0.5) is 0 Å². The van der Waals surface area contributed by atoms with Crippen LogP contribution in [0.25, 0.3) is 4.96 Å². The topological polar surface area (TPSA) is 54.0 Å². The van der Waals surface area contributed by atoms with E-state index in [0.29, 0.717) is 5.69 Å². The van der Waals surface area contributed by atoms with Gasteiger partial charge in [0.1, 0.15) is 11.1 Å². The van der Waals surface area contributed by atoms with Crippen LogP contribution in [0.1, 0.15) is 47.3 Å². The minimum absolute atomic E-state index is 0.236. The molecule has 0 aliphatic rings. The standard InChI is InChI=1S/C17H18N4S/c1-11(2)16-14(10-18)21-17(19-16)22-15(20-21)9-8-13-6-4-12(3)5-7-13/h4-7,11H,8-9H2,1-3H3. The van der Waals surface area contributed by atoms with Crippen LogP contribution >= 0.6 is 11.3 Å². The number of fused-ring (bicyclic) bond motifs is 1. The van der Waals surface area contributed by atoms with Gasteiger partial charge < -0.3 is 0 Å². The van der Waals surface area contributed by atoms with E-state index in [1.165, 1.54) is 11.1 Å². The van der Waals surface area contributed by atoms with Gasteiger partial charge in [-0.1, -0.05) is 55.0 Å². The summed E-state index contributed by atoms with van der Waals surface area (Å²) < 4.78 is 1.70. The van der Waals surface area contributed by atoms with Crippen molar-refractivity contribution < 1.29 is 0 Å². The number of benzene rings is 1. The molecule has 0 saturated heterocycles. The first-order valence-corrected chi connectivity index (χ1v) is 8.24. The van der Waals surface area contributed by atoms with Gasteiger partial charge in [-0.25, -0.2) is 4.98 Å². The van der Waals surface area contributed by atoms with E-state index in [0.717, 1.165) is 28.5 Å². The maximum Gasteiger partial charge on any atom is 0.213 e. The Kier molecular flexibility index (Phi) is 3.95. The second-order valence-corrected chi connectivity index (χ2v) is 6.83. The molecule has 0 amide bonds. The van der Waals surface area contributed by atoms with E-state index in [1.54, 1.807) is 15.9 Å². The Hall–Kier alpha value is -2.19. The van der Waals surface area contributed by atoms with Gasteiger partial charge in [-0.2, -0.15) is 14.9 Å². The van der Waals surface area contributed by atoms with Gasteiger partial charge in [-0.15, -0.1) is 0 Å². The van der Waals surface area contributed by atoms with E-state index in [-0.39, 0.29) is 5.92 Å². The summed E-state index contributed by atoms with van der Waals surface area (Å²) in [5.74, 6) is 0.236. The quantitative estimate of drug-likeness (QED) is 0.735. The highest BCUT2D eigenvalue weighted by Gasteiger charge is 2.18. The van der Waals surface area contributed by atoms with Crippen LogP contribution in [0.2, 0.25) is 0 Å². The summed E-state index contributed by atoms with van der Waals surface area (Å²) in [6, 6.07) is 10.8. The molecule has 0 fully saturated rings. The highest BCUT2D eigenvalue weighted by molar-refractivity contribution is 7.16. The second-order valence-electron chi connectivity index (χ2n) is 5.79. The summed E-state index contributed by atoms with van der Waals surface area (Å²) >= 11 is 1.58. The van der Waals surface area contributed by atoms with E-state index in [2.05, 4.69) is 47.3 Å². The molecule has 2 aromatic heterocycles. The molecule has 4 nitrogen and oxygen atoms in total. The molecule has 0 radical (unpaired) electrons. The monoisotopic (exact) mass is 310 g/mol. The van der Waals surface area contributed by atoms with Gasteiger partial charge in [0.15, 0.2) is 5.69 Å². The lowest BCUT2D eigenvalue weighted by molar-refractivity contribution is 0.813. The van der Waals surface area contributed by atoms with Crippen molar-refractivity contribution in [1.82, 2.24) is 14.6 Å². The van der Waals surface area contributed by atoms with Crippen LogP contribution in [-0.4, -0.2) is 14.6 Å². The van der Waals surface area contributed by atoms with Gasteiger partial charge >= 0.3 is 0 Å². The first-order valence-electron chi connectivity index (χ1n) is 7.42. The second kappa shape index (κ2) is 5.90. The van der Waals surface area contributed by atoms with Gasteiger partial charge in [0, 0.05) is 6.42 Å². The van der Waals surface area contributed by atoms with E-state index in [9.17, 15) is 5.26 Å². The molecule has 2 heterocycles. The smallest absolute Gasteiger partial charge is 0.213 e. The molecule has 3 rings (SSSR count). The minimum atomic E-state index is 0.236. The van der Waals surface area contributed by atoms with Gasteiger partial charge in [0.05, 0.1) is 5.69 Å². The fourth-order valence-corrected chi connectivity index (χ4v) is 3.32. The number of hydrogen-bond donors (Lipinski definition) is 0. The molecule has 0 N–H and O–H groups in total. The van der Waals surface area contributed by atoms with E-state index >= 15 is 0 Å². The van der Waals surface area contributed by atoms with Crippen LogP contribution in [0.5, 0.6) is 0 Å². The Morgan fingerprint density at radius 1 is 1.23 bits per heavy atom. The number of hydrogen-bond acceptors (Lipinski definition) is 4. The summed E-state index contributed by atoms with van der Waals surface area (Å²) in [7, 11) is 0. The number of nitriles is 1. The van der Waals surface area contributed by atoms with E-state index < -0.39 is 0 Å². The Morgan fingerprint density at radius 3 is 2.59 bits per heavy atom. The number of rotatable bonds is 4. The first kappa shape index (κ1) is 14.7. The molecule has 0 aliphatic heterocycles. The summed E-state index contributed by atoms with van der Waals surface area (Å²) in [5.41, 5.74) is 3.99. The van der Waals surface area contributed by atoms with Crippen LogP contribution in [0, 0.1) is 18.3 Å². The third kappa shape index (κ3) is 2.75. The van der Waals surface area contributed by atoms with E-state index in [1.807, 2.05) is 13.8 Å². The molecule has 0 bridgehead atoms. The maximum atomic E-state index is 9.35. The molecule has 3 aromatic rings. The summed E-state index contributed by atoms with van der Waals surface area (Å²) in [5, 5.41) is 14.9. The third-order valence-corrected chi connectivity index (χ3v) is 4.64. The van der Waals surface area contributed by atoms with Gasteiger partial charge in [-0.3, -0.25) is 0 Å². The normalized spacial score (nSPS) is 11.2. The number of imidazole rings is 1. The van der Waals surface area contributed by atoms with E-state index in [4.69, 9.17) is 0 Å². The van der Waals surface area contributed by atoms with Crippen molar-refractivity contribution in [2.75, 3.05) is 0 Å². The van der Waals surface area contributed by atoms with Crippen molar-refractivity contribution in [3.05, 3.63) is 51.8 Å². The van der Waals surface area contributed by atoms with Gasteiger partial charge in [0.25, 0.3) is 0 Å². The summed E-state index contributed by atoms with van der Waals surface area (Å²) in [4.78, 5) is 5.39. The van der Waals surface area contributed by atoms with Crippen molar-refractivity contribution in [2.45, 2.75) is 39.5 Å². The number of aromatic nitrogens is 3. The maximum absolute atomic E-state index is 9.35. The molecule has 1 aromatic carbocycles. The third-order valence-electron chi connectivity index (χ3n) is 3.67. The van der Waals surface area contributed by atoms with Gasteiger partial charge in [0.2, 0.25) is 4.96 Å². The Morgan fingerprint density at radius 2 is 1.95 bits per heavy atom.